The smallest absolute Gasteiger partial charge is 0.161 e. The van der Waals surface area contributed by atoms with Gasteiger partial charge in [0, 0.05) is 5.56 Å². The van der Waals surface area contributed by atoms with Gasteiger partial charge in [0.25, 0.3) is 0 Å². The van der Waals surface area contributed by atoms with Gasteiger partial charge in [-0.1, -0.05) is 11.6 Å². The monoisotopic (exact) mass is 278 g/mol. The summed E-state index contributed by atoms with van der Waals surface area (Å²) in [5.41, 5.74) is 1.66. The molecule has 0 fully saturated rings. The van der Waals surface area contributed by atoms with E-state index in [-0.39, 0.29) is 0 Å². The maximum absolute atomic E-state index is 5.73. The lowest BCUT2D eigenvalue weighted by Gasteiger charge is -2.12. The van der Waals surface area contributed by atoms with E-state index in [0.717, 1.165) is 17.0 Å². The molecule has 0 amide bonds. The van der Waals surface area contributed by atoms with Crippen LogP contribution in [-0.4, -0.2) is 23.2 Å². The predicted molar refractivity (Wildman–Crippen MR) is 74.8 cm³/mol. The van der Waals surface area contributed by atoms with Crippen LogP contribution < -0.4 is 9.47 Å². The molecule has 0 aliphatic rings. The lowest BCUT2D eigenvalue weighted by molar-refractivity contribution is 0.288. The Bertz CT molecular complexity index is 544. The normalized spacial score (nSPS) is 10.3. The van der Waals surface area contributed by atoms with Crippen LogP contribution in [0.1, 0.15) is 13.8 Å². The van der Waals surface area contributed by atoms with Crippen LogP contribution in [0.4, 0.5) is 0 Å². The van der Waals surface area contributed by atoms with Gasteiger partial charge in [-0.25, -0.2) is 4.98 Å². The Kier molecular flexibility index (Phi) is 4.58. The molecule has 1 aromatic heterocycles. The molecule has 19 heavy (non-hydrogen) atoms. The largest absolute Gasteiger partial charge is 0.490 e. The first-order valence-electron chi connectivity index (χ1n) is 6.12. The van der Waals surface area contributed by atoms with E-state index in [0.29, 0.717) is 24.1 Å². The second-order valence-corrected chi connectivity index (χ2v) is 4.14. The van der Waals surface area contributed by atoms with Gasteiger partial charge in [-0.3, -0.25) is 4.98 Å². The molecule has 100 valence electrons. The first-order valence-corrected chi connectivity index (χ1v) is 6.50. The molecule has 1 aromatic carbocycles. The van der Waals surface area contributed by atoms with Crippen molar-refractivity contribution in [2.75, 3.05) is 13.2 Å². The SMILES string of the molecule is CCOc1ccc(-c2cnc(Cl)cn2)cc1OCC. The Labute approximate surface area is 117 Å². The Morgan fingerprint density at radius 2 is 1.74 bits per heavy atom. The highest BCUT2D eigenvalue weighted by Crippen LogP contribution is 2.32. The molecule has 2 rings (SSSR count). The molecule has 0 spiro atoms. The summed E-state index contributed by atoms with van der Waals surface area (Å²) in [6.07, 6.45) is 3.15. The van der Waals surface area contributed by atoms with Gasteiger partial charge in [0.2, 0.25) is 0 Å². The van der Waals surface area contributed by atoms with E-state index in [2.05, 4.69) is 9.97 Å². The van der Waals surface area contributed by atoms with Gasteiger partial charge in [-0.15, -0.1) is 0 Å². The maximum atomic E-state index is 5.73. The molecular weight excluding hydrogens is 264 g/mol. The highest BCUT2D eigenvalue weighted by Gasteiger charge is 2.08. The number of benzene rings is 1. The third kappa shape index (κ3) is 3.35. The lowest BCUT2D eigenvalue weighted by Crippen LogP contribution is -1.98. The van der Waals surface area contributed by atoms with Crippen molar-refractivity contribution >= 4 is 11.6 Å². The first kappa shape index (κ1) is 13.6. The molecule has 0 N–H and O–H groups in total. The summed E-state index contributed by atoms with van der Waals surface area (Å²) in [4.78, 5) is 8.26. The Hall–Kier alpha value is -1.81. The van der Waals surface area contributed by atoms with Crippen LogP contribution in [0.15, 0.2) is 30.6 Å². The zero-order valence-corrected chi connectivity index (χ0v) is 11.6. The third-order valence-electron chi connectivity index (χ3n) is 2.46. The van der Waals surface area contributed by atoms with Gasteiger partial charge in [0.05, 0.1) is 31.3 Å². The summed E-state index contributed by atoms with van der Waals surface area (Å²) in [6, 6.07) is 5.69. The van der Waals surface area contributed by atoms with E-state index in [4.69, 9.17) is 21.1 Å². The van der Waals surface area contributed by atoms with Gasteiger partial charge in [0.1, 0.15) is 5.15 Å². The van der Waals surface area contributed by atoms with Crippen LogP contribution in [0.25, 0.3) is 11.3 Å². The van der Waals surface area contributed by atoms with E-state index in [1.54, 1.807) is 6.20 Å². The van der Waals surface area contributed by atoms with Crippen molar-refractivity contribution in [3.63, 3.8) is 0 Å². The lowest BCUT2D eigenvalue weighted by atomic mass is 10.1. The van der Waals surface area contributed by atoms with Crippen LogP contribution in [0.2, 0.25) is 5.15 Å². The van der Waals surface area contributed by atoms with E-state index < -0.39 is 0 Å². The highest BCUT2D eigenvalue weighted by molar-refractivity contribution is 6.29. The number of aromatic nitrogens is 2. The number of rotatable bonds is 5. The van der Waals surface area contributed by atoms with E-state index >= 15 is 0 Å². The van der Waals surface area contributed by atoms with Crippen molar-refractivity contribution in [1.82, 2.24) is 9.97 Å². The zero-order chi connectivity index (χ0) is 13.7. The Morgan fingerprint density at radius 1 is 1.00 bits per heavy atom. The molecule has 0 unspecified atom stereocenters. The molecule has 0 saturated heterocycles. The zero-order valence-electron chi connectivity index (χ0n) is 10.9. The minimum Gasteiger partial charge on any atom is -0.490 e. The quantitative estimate of drug-likeness (QED) is 0.838. The van der Waals surface area contributed by atoms with Crippen LogP contribution in [-0.2, 0) is 0 Å². The summed E-state index contributed by atoms with van der Waals surface area (Å²) in [6.45, 7) is 5.05. The molecule has 0 bridgehead atoms. The molecule has 5 heteroatoms. The van der Waals surface area contributed by atoms with Crippen LogP contribution in [0, 0.1) is 0 Å². The van der Waals surface area contributed by atoms with Gasteiger partial charge < -0.3 is 9.47 Å². The number of hydrogen-bond donors (Lipinski definition) is 0. The molecule has 4 nitrogen and oxygen atoms in total. The molecular formula is C14H15ClN2O2. The van der Waals surface area contributed by atoms with E-state index in [1.807, 2.05) is 32.0 Å². The average molecular weight is 279 g/mol. The first-order chi connectivity index (χ1) is 9.24. The summed E-state index contributed by atoms with van der Waals surface area (Å²) >= 11 is 5.73. The third-order valence-corrected chi connectivity index (χ3v) is 2.65. The number of hydrogen-bond acceptors (Lipinski definition) is 4. The fourth-order valence-corrected chi connectivity index (χ4v) is 1.77. The van der Waals surface area contributed by atoms with Gasteiger partial charge >= 0.3 is 0 Å². The minimum absolute atomic E-state index is 0.375. The summed E-state index contributed by atoms with van der Waals surface area (Å²) in [7, 11) is 0. The van der Waals surface area contributed by atoms with Crippen LogP contribution in [0.3, 0.4) is 0 Å². The van der Waals surface area contributed by atoms with Crippen molar-refractivity contribution < 1.29 is 9.47 Å². The van der Waals surface area contributed by atoms with Gasteiger partial charge in [0.15, 0.2) is 11.5 Å². The van der Waals surface area contributed by atoms with Crippen LogP contribution in [0.5, 0.6) is 11.5 Å². The fraction of sp³-hybridized carbons (Fsp3) is 0.286. The molecule has 1 heterocycles. The Morgan fingerprint density at radius 3 is 2.37 bits per heavy atom. The van der Waals surface area contributed by atoms with Crippen molar-refractivity contribution in [1.29, 1.82) is 0 Å². The number of nitrogens with zero attached hydrogens (tertiary/aromatic N) is 2. The molecule has 0 radical (unpaired) electrons. The van der Waals surface area contributed by atoms with E-state index in [9.17, 15) is 0 Å². The minimum atomic E-state index is 0.375. The standard InChI is InChI=1S/C14H15ClN2O2/c1-3-18-12-6-5-10(7-13(12)19-4-2)11-8-17-14(15)9-16-11/h5-9H,3-4H2,1-2H3. The molecule has 0 saturated carbocycles. The summed E-state index contributed by atoms with van der Waals surface area (Å²) in [5.74, 6) is 1.44. The van der Waals surface area contributed by atoms with Crippen molar-refractivity contribution in [3.8, 4) is 22.8 Å². The fourth-order valence-electron chi connectivity index (χ4n) is 1.67. The highest BCUT2D eigenvalue weighted by atomic mass is 35.5. The molecule has 2 aromatic rings. The van der Waals surface area contributed by atoms with Crippen LogP contribution >= 0.6 is 11.6 Å². The van der Waals surface area contributed by atoms with Gasteiger partial charge in [-0.2, -0.15) is 0 Å². The number of ether oxygens (including phenoxy) is 2. The van der Waals surface area contributed by atoms with Gasteiger partial charge in [-0.05, 0) is 32.0 Å². The Balaban J connectivity index is 2.36. The average Bonchev–Trinajstić information content (AvgIpc) is 2.42. The van der Waals surface area contributed by atoms with E-state index in [1.165, 1.54) is 6.20 Å². The van der Waals surface area contributed by atoms with Crippen molar-refractivity contribution in [2.45, 2.75) is 13.8 Å². The summed E-state index contributed by atoms with van der Waals surface area (Å²) in [5, 5.41) is 0.375. The molecule has 0 aliphatic carbocycles. The maximum Gasteiger partial charge on any atom is 0.161 e. The predicted octanol–water partition coefficient (Wildman–Crippen LogP) is 3.59. The molecule has 0 atom stereocenters. The van der Waals surface area contributed by atoms with Crippen molar-refractivity contribution in [3.05, 3.63) is 35.7 Å². The second kappa shape index (κ2) is 6.38. The summed E-state index contributed by atoms with van der Waals surface area (Å²) < 4.78 is 11.1. The number of halogens is 1. The topological polar surface area (TPSA) is 44.2 Å². The van der Waals surface area contributed by atoms with Crippen molar-refractivity contribution in [2.24, 2.45) is 0 Å². The molecule has 0 aliphatic heterocycles. The second-order valence-electron chi connectivity index (χ2n) is 3.75.